The molecule has 1 aliphatic heterocycles. The van der Waals surface area contributed by atoms with Crippen LogP contribution in [0.2, 0.25) is 5.02 Å². The molecule has 29 heavy (non-hydrogen) atoms. The van der Waals surface area contributed by atoms with Crippen LogP contribution in [-0.2, 0) is 4.79 Å². The number of amides is 4. The fraction of sp³-hybridized carbons (Fsp3) is 0.333. The van der Waals surface area contributed by atoms with Crippen molar-refractivity contribution in [1.29, 1.82) is 0 Å². The maximum Gasteiger partial charge on any atom is 0.332 e. The van der Waals surface area contributed by atoms with E-state index < -0.39 is 5.54 Å². The number of rotatable bonds is 3. The van der Waals surface area contributed by atoms with Gasteiger partial charge in [0.15, 0.2) is 0 Å². The molecule has 8 heteroatoms. The Labute approximate surface area is 173 Å². The van der Waals surface area contributed by atoms with E-state index >= 15 is 0 Å². The molecule has 1 aliphatic carbocycles. The van der Waals surface area contributed by atoms with Gasteiger partial charge in [-0.15, -0.1) is 0 Å². The van der Waals surface area contributed by atoms with E-state index in [1.807, 2.05) is 0 Å². The van der Waals surface area contributed by atoms with Crippen LogP contribution in [0.5, 0.6) is 0 Å². The average molecular weight is 413 g/mol. The lowest BCUT2D eigenvalue weighted by molar-refractivity contribution is -0.126. The number of halogens is 1. The Morgan fingerprint density at radius 3 is 2.55 bits per heavy atom. The summed E-state index contributed by atoms with van der Waals surface area (Å²) in [5, 5.41) is 2.93. The maximum absolute atomic E-state index is 13.2. The number of carbonyl (C=O) groups excluding carboxylic acids is 3. The predicted octanol–water partition coefficient (Wildman–Crippen LogP) is 4.09. The molecule has 150 valence electrons. The topological polar surface area (TPSA) is 82.6 Å². The first kappa shape index (κ1) is 19.4. The number of anilines is 2. The molecule has 1 spiro atoms. The van der Waals surface area contributed by atoms with Gasteiger partial charge in [-0.3, -0.25) is 14.6 Å². The molecule has 1 aromatic heterocycles. The highest BCUT2D eigenvalue weighted by atomic mass is 35.5. The van der Waals surface area contributed by atoms with Gasteiger partial charge in [-0.2, -0.15) is 0 Å². The molecule has 2 aliphatic rings. The van der Waals surface area contributed by atoms with Crippen molar-refractivity contribution in [2.75, 3.05) is 17.3 Å². The first-order valence-corrected chi connectivity index (χ1v) is 9.96. The van der Waals surface area contributed by atoms with Crippen molar-refractivity contribution in [3.05, 3.63) is 53.3 Å². The van der Waals surface area contributed by atoms with Crippen molar-refractivity contribution in [2.45, 2.75) is 37.6 Å². The Hall–Kier alpha value is -2.93. The Morgan fingerprint density at radius 2 is 1.90 bits per heavy atom. The summed E-state index contributed by atoms with van der Waals surface area (Å²) in [5.74, 6) is -0.597. The number of nitrogens with zero attached hydrogens (tertiary/aromatic N) is 3. The molecule has 2 aromatic rings. The summed E-state index contributed by atoms with van der Waals surface area (Å²) in [4.78, 5) is 45.1. The largest absolute Gasteiger partial charge is 0.332 e. The number of pyridine rings is 1. The van der Waals surface area contributed by atoms with Gasteiger partial charge in [0.2, 0.25) is 0 Å². The van der Waals surface area contributed by atoms with E-state index in [9.17, 15) is 14.4 Å². The molecule has 4 amide bonds. The van der Waals surface area contributed by atoms with Crippen molar-refractivity contribution < 1.29 is 14.4 Å². The smallest absolute Gasteiger partial charge is 0.321 e. The number of urea groups is 1. The second-order valence-electron chi connectivity index (χ2n) is 7.41. The summed E-state index contributed by atoms with van der Waals surface area (Å²) in [6.45, 7) is 0. The lowest BCUT2D eigenvalue weighted by Crippen LogP contribution is -2.49. The Kier molecular flexibility index (Phi) is 5.00. The molecule has 2 fully saturated rings. The van der Waals surface area contributed by atoms with Crippen LogP contribution in [0.15, 0.2) is 42.6 Å². The van der Waals surface area contributed by atoms with Crippen LogP contribution >= 0.6 is 11.6 Å². The summed E-state index contributed by atoms with van der Waals surface area (Å²) in [6.07, 6.45) is 5.78. The van der Waals surface area contributed by atoms with E-state index in [-0.39, 0.29) is 28.6 Å². The summed E-state index contributed by atoms with van der Waals surface area (Å²) >= 11 is 6.41. The lowest BCUT2D eigenvalue weighted by Gasteiger charge is -2.35. The van der Waals surface area contributed by atoms with E-state index in [1.165, 1.54) is 12.3 Å². The van der Waals surface area contributed by atoms with Crippen molar-refractivity contribution in [3.63, 3.8) is 0 Å². The van der Waals surface area contributed by atoms with Gasteiger partial charge in [-0.1, -0.05) is 36.9 Å². The summed E-state index contributed by atoms with van der Waals surface area (Å²) in [5.41, 5.74) is 0.282. The van der Waals surface area contributed by atoms with Gasteiger partial charge in [0.05, 0.1) is 10.7 Å². The number of benzene rings is 1. The Morgan fingerprint density at radius 1 is 1.14 bits per heavy atom. The molecule has 0 unspecified atom stereocenters. The third kappa shape index (κ3) is 3.25. The predicted molar refractivity (Wildman–Crippen MR) is 110 cm³/mol. The number of hydrogen-bond donors (Lipinski definition) is 1. The van der Waals surface area contributed by atoms with Gasteiger partial charge in [0.25, 0.3) is 11.8 Å². The van der Waals surface area contributed by atoms with Crippen LogP contribution in [0.1, 0.15) is 42.6 Å². The fourth-order valence-corrected chi connectivity index (χ4v) is 4.39. The highest BCUT2D eigenvalue weighted by Gasteiger charge is 2.56. The maximum atomic E-state index is 13.2. The van der Waals surface area contributed by atoms with E-state index in [0.29, 0.717) is 24.2 Å². The number of nitrogens with one attached hydrogen (secondary N) is 1. The Bertz CT molecular complexity index is 973. The van der Waals surface area contributed by atoms with Gasteiger partial charge in [0.1, 0.15) is 11.2 Å². The Balaban J connectivity index is 1.59. The molecule has 4 rings (SSSR count). The molecule has 0 atom stereocenters. The van der Waals surface area contributed by atoms with Gasteiger partial charge in [-0.05, 0) is 43.2 Å². The second-order valence-corrected chi connectivity index (χ2v) is 7.82. The molecule has 0 bridgehead atoms. The van der Waals surface area contributed by atoms with Gasteiger partial charge in [-0.25, -0.2) is 9.69 Å². The first-order valence-electron chi connectivity index (χ1n) is 9.58. The fourth-order valence-electron chi connectivity index (χ4n) is 4.13. The number of likely N-dealkylation sites (N-methyl/N-ethyl adjacent to an activating group) is 1. The van der Waals surface area contributed by atoms with Crippen LogP contribution in [0.25, 0.3) is 0 Å². The van der Waals surface area contributed by atoms with E-state index in [0.717, 1.165) is 24.2 Å². The van der Waals surface area contributed by atoms with E-state index in [1.54, 1.807) is 42.3 Å². The van der Waals surface area contributed by atoms with Crippen molar-refractivity contribution >= 4 is 40.8 Å². The molecule has 1 saturated carbocycles. The minimum absolute atomic E-state index is 0.215. The first-order chi connectivity index (χ1) is 13.9. The van der Waals surface area contributed by atoms with Gasteiger partial charge < -0.3 is 10.2 Å². The molecule has 1 aromatic carbocycles. The SMILES string of the molecule is CN1C(=O)N(c2ccc(NC(=O)c3ccccn3)cc2Cl)C(=O)C12CCCCC2. The minimum atomic E-state index is -0.773. The zero-order chi connectivity index (χ0) is 20.6. The summed E-state index contributed by atoms with van der Waals surface area (Å²) in [7, 11) is 1.68. The zero-order valence-electron chi connectivity index (χ0n) is 16.0. The highest BCUT2D eigenvalue weighted by Crippen LogP contribution is 2.43. The van der Waals surface area contributed by atoms with Gasteiger partial charge in [0, 0.05) is 18.9 Å². The third-order valence-electron chi connectivity index (χ3n) is 5.75. The second kappa shape index (κ2) is 7.48. The zero-order valence-corrected chi connectivity index (χ0v) is 16.8. The highest BCUT2D eigenvalue weighted by molar-refractivity contribution is 6.36. The molecule has 1 saturated heterocycles. The monoisotopic (exact) mass is 412 g/mol. The van der Waals surface area contributed by atoms with E-state index in [4.69, 9.17) is 11.6 Å². The minimum Gasteiger partial charge on any atom is -0.321 e. The molecule has 1 N–H and O–H groups in total. The molecule has 0 radical (unpaired) electrons. The number of aromatic nitrogens is 1. The average Bonchev–Trinajstić information content (AvgIpc) is 2.91. The quantitative estimate of drug-likeness (QED) is 0.770. The summed E-state index contributed by atoms with van der Waals surface area (Å²) < 4.78 is 0. The van der Waals surface area contributed by atoms with Crippen LogP contribution in [0.4, 0.5) is 16.2 Å². The van der Waals surface area contributed by atoms with E-state index in [2.05, 4.69) is 10.3 Å². The molecule has 7 nitrogen and oxygen atoms in total. The van der Waals surface area contributed by atoms with Crippen LogP contribution < -0.4 is 10.2 Å². The van der Waals surface area contributed by atoms with Crippen molar-refractivity contribution in [2.24, 2.45) is 0 Å². The normalized spacial score (nSPS) is 18.4. The molecule has 2 heterocycles. The third-order valence-corrected chi connectivity index (χ3v) is 6.05. The van der Waals surface area contributed by atoms with Crippen LogP contribution in [0, 0.1) is 0 Å². The van der Waals surface area contributed by atoms with Crippen LogP contribution in [-0.4, -0.2) is 40.3 Å². The number of carbonyl (C=O) groups is 3. The number of imide groups is 1. The molecular formula is C21H21ClN4O3. The number of hydrogen-bond acceptors (Lipinski definition) is 4. The van der Waals surface area contributed by atoms with Gasteiger partial charge >= 0.3 is 6.03 Å². The molecular weight excluding hydrogens is 392 g/mol. The van der Waals surface area contributed by atoms with Crippen LogP contribution in [0.3, 0.4) is 0 Å². The standard InChI is InChI=1S/C21H21ClN4O3/c1-25-20(29)26(19(28)21(25)10-4-2-5-11-21)17-9-8-14(13-15(17)22)24-18(27)16-7-3-6-12-23-16/h3,6-9,12-13H,2,4-5,10-11H2,1H3,(H,24,27). The van der Waals surface area contributed by atoms with Crippen molar-refractivity contribution in [3.8, 4) is 0 Å². The van der Waals surface area contributed by atoms with Crippen molar-refractivity contribution in [1.82, 2.24) is 9.88 Å². The summed E-state index contributed by atoms with van der Waals surface area (Å²) in [6, 6.07) is 9.42. The lowest BCUT2D eigenvalue weighted by atomic mass is 9.80.